The number of rotatable bonds is 7. The second-order valence-corrected chi connectivity index (χ2v) is 8.42. The number of hydrogen-bond acceptors (Lipinski definition) is 4. The molecule has 4 rings (SSSR count). The number of aliphatic hydroxyl groups is 1. The molecule has 1 unspecified atom stereocenters. The highest BCUT2D eigenvalue weighted by molar-refractivity contribution is 5.91. The minimum Gasteiger partial charge on any atom is -0.506 e. The largest absolute Gasteiger partial charge is 0.506 e. The van der Waals surface area contributed by atoms with E-state index in [4.69, 9.17) is 4.74 Å². The molecule has 5 nitrogen and oxygen atoms in total. The van der Waals surface area contributed by atoms with E-state index >= 15 is 0 Å². The van der Waals surface area contributed by atoms with Crippen molar-refractivity contribution >= 4 is 5.97 Å². The first-order chi connectivity index (χ1) is 15.6. The SMILES string of the molecule is CN1C=C(O)C(C(=O)O)=CC1c1ccc(-c2ccc(OCCC3CC3)cc2)c(C(F)(F)F)c1. The number of halogens is 3. The third kappa shape index (κ3) is 5.16. The van der Waals surface area contributed by atoms with Crippen molar-refractivity contribution < 1.29 is 32.9 Å². The number of ether oxygens (including phenoxy) is 1. The van der Waals surface area contributed by atoms with Gasteiger partial charge < -0.3 is 19.8 Å². The van der Waals surface area contributed by atoms with E-state index in [0.717, 1.165) is 18.4 Å². The fourth-order valence-electron chi connectivity index (χ4n) is 3.93. The van der Waals surface area contributed by atoms with Crippen molar-refractivity contribution in [1.82, 2.24) is 4.90 Å². The molecule has 1 fully saturated rings. The van der Waals surface area contributed by atoms with Gasteiger partial charge in [-0.05, 0) is 53.3 Å². The first-order valence-corrected chi connectivity index (χ1v) is 10.7. The number of nitrogens with zero attached hydrogens (tertiary/aromatic N) is 1. The van der Waals surface area contributed by atoms with Gasteiger partial charge in [0.05, 0.1) is 18.2 Å². The maximum atomic E-state index is 14.0. The number of carboxylic acid groups (broad SMARTS) is 1. The van der Waals surface area contributed by atoms with Crippen LogP contribution in [0.5, 0.6) is 5.75 Å². The Morgan fingerprint density at radius 2 is 1.85 bits per heavy atom. The van der Waals surface area contributed by atoms with Crippen molar-refractivity contribution in [2.45, 2.75) is 31.5 Å². The van der Waals surface area contributed by atoms with Gasteiger partial charge in [0.2, 0.25) is 0 Å². The van der Waals surface area contributed by atoms with Gasteiger partial charge >= 0.3 is 12.1 Å². The number of hydrogen-bond donors (Lipinski definition) is 2. The number of benzene rings is 2. The van der Waals surface area contributed by atoms with Crippen molar-refractivity contribution in [3.63, 3.8) is 0 Å². The van der Waals surface area contributed by atoms with Crippen molar-refractivity contribution in [2.24, 2.45) is 5.92 Å². The molecule has 174 valence electrons. The van der Waals surface area contributed by atoms with Crippen LogP contribution in [0.25, 0.3) is 11.1 Å². The second-order valence-electron chi connectivity index (χ2n) is 8.42. The fourth-order valence-corrected chi connectivity index (χ4v) is 3.93. The lowest BCUT2D eigenvalue weighted by Gasteiger charge is -2.29. The van der Waals surface area contributed by atoms with Gasteiger partial charge in [-0.25, -0.2) is 4.79 Å². The molecule has 0 bridgehead atoms. The number of likely N-dealkylation sites (N-methyl/N-ethyl adjacent to an activating group) is 1. The molecule has 2 aliphatic rings. The first-order valence-electron chi connectivity index (χ1n) is 10.7. The highest BCUT2D eigenvalue weighted by Gasteiger charge is 2.35. The molecule has 8 heteroatoms. The minimum atomic E-state index is -4.62. The Morgan fingerprint density at radius 1 is 1.15 bits per heavy atom. The van der Waals surface area contributed by atoms with Crippen LogP contribution >= 0.6 is 0 Å². The second kappa shape index (κ2) is 8.84. The summed E-state index contributed by atoms with van der Waals surface area (Å²) in [5.74, 6) is -0.449. The molecular formula is C25H24F3NO4. The fraction of sp³-hybridized carbons (Fsp3) is 0.320. The van der Waals surface area contributed by atoms with Gasteiger partial charge in [0.15, 0.2) is 0 Å². The average molecular weight is 459 g/mol. The van der Waals surface area contributed by atoms with Crippen LogP contribution in [0, 0.1) is 5.92 Å². The molecule has 1 heterocycles. The molecule has 0 amide bonds. The van der Waals surface area contributed by atoms with Crippen LogP contribution in [-0.2, 0) is 11.0 Å². The Labute approximate surface area is 189 Å². The quantitative estimate of drug-likeness (QED) is 0.536. The van der Waals surface area contributed by atoms with Crippen LogP contribution < -0.4 is 4.74 Å². The molecule has 0 saturated heterocycles. The van der Waals surface area contributed by atoms with E-state index in [9.17, 15) is 28.2 Å². The Balaban J connectivity index is 1.63. The Morgan fingerprint density at radius 3 is 2.45 bits per heavy atom. The van der Waals surface area contributed by atoms with E-state index in [1.807, 2.05) is 0 Å². The molecule has 2 aromatic carbocycles. The normalized spacial score (nSPS) is 18.5. The van der Waals surface area contributed by atoms with Crippen LogP contribution in [-0.4, -0.2) is 34.7 Å². The zero-order valence-electron chi connectivity index (χ0n) is 18.0. The summed E-state index contributed by atoms with van der Waals surface area (Å²) >= 11 is 0. The van der Waals surface area contributed by atoms with Gasteiger partial charge in [-0.15, -0.1) is 0 Å². The van der Waals surface area contributed by atoms with E-state index in [1.54, 1.807) is 31.3 Å². The molecule has 2 aromatic rings. The zero-order chi connectivity index (χ0) is 23.8. The molecular weight excluding hydrogens is 435 g/mol. The average Bonchev–Trinajstić information content (AvgIpc) is 3.57. The summed E-state index contributed by atoms with van der Waals surface area (Å²) in [6.07, 6.45) is 1.27. The van der Waals surface area contributed by atoms with Crippen LogP contribution in [0.15, 0.2) is 66.1 Å². The maximum Gasteiger partial charge on any atom is 0.417 e. The number of carbonyl (C=O) groups is 1. The van der Waals surface area contributed by atoms with Crippen molar-refractivity contribution in [1.29, 1.82) is 0 Å². The van der Waals surface area contributed by atoms with Crippen molar-refractivity contribution in [3.05, 3.63) is 77.2 Å². The summed E-state index contributed by atoms with van der Waals surface area (Å²) in [5, 5.41) is 19.1. The van der Waals surface area contributed by atoms with Gasteiger partial charge in [-0.2, -0.15) is 13.2 Å². The van der Waals surface area contributed by atoms with Gasteiger partial charge in [-0.3, -0.25) is 0 Å². The lowest BCUT2D eigenvalue weighted by Crippen LogP contribution is -2.24. The lowest BCUT2D eigenvalue weighted by atomic mass is 9.92. The molecule has 1 aliphatic heterocycles. The molecule has 0 radical (unpaired) electrons. The number of aliphatic carboxylic acids is 1. The Bertz CT molecular complexity index is 1100. The molecule has 2 N–H and O–H groups in total. The third-order valence-corrected chi connectivity index (χ3v) is 5.94. The molecule has 33 heavy (non-hydrogen) atoms. The maximum absolute atomic E-state index is 14.0. The van der Waals surface area contributed by atoms with Crippen LogP contribution in [0.4, 0.5) is 13.2 Å². The van der Waals surface area contributed by atoms with E-state index in [2.05, 4.69) is 0 Å². The number of alkyl halides is 3. The molecule has 0 aromatic heterocycles. The van der Waals surface area contributed by atoms with E-state index in [0.29, 0.717) is 17.9 Å². The highest BCUT2D eigenvalue weighted by Crippen LogP contribution is 2.40. The smallest absolute Gasteiger partial charge is 0.417 e. The first kappa shape index (κ1) is 22.8. The van der Waals surface area contributed by atoms with Crippen molar-refractivity contribution in [3.8, 4) is 16.9 Å². The Kier molecular flexibility index (Phi) is 6.10. The van der Waals surface area contributed by atoms with E-state index in [1.165, 1.54) is 42.2 Å². The molecule has 1 aliphatic carbocycles. The summed E-state index contributed by atoms with van der Waals surface area (Å²) in [6, 6.07) is 9.73. The summed E-state index contributed by atoms with van der Waals surface area (Å²) in [6.45, 7) is 0.595. The van der Waals surface area contributed by atoms with Gasteiger partial charge in [0.25, 0.3) is 0 Å². The standard InChI is InChI=1S/C25H24F3NO4/c1-29-14-23(30)20(24(31)32)13-22(29)17-6-9-19(21(12-17)25(26,27)28)16-4-7-18(8-5-16)33-11-10-15-2-3-15/h4-9,12-15,22,30H,2-3,10-11H2,1H3,(H,31,32). The number of carboxylic acids is 1. The van der Waals surface area contributed by atoms with Crippen molar-refractivity contribution in [2.75, 3.05) is 13.7 Å². The van der Waals surface area contributed by atoms with Gasteiger partial charge in [-0.1, -0.05) is 37.1 Å². The zero-order valence-corrected chi connectivity index (χ0v) is 18.0. The molecule has 0 spiro atoms. The van der Waals surface area contributed by atoms with Gasteiger partial charge in [0.1, 0.15) is 17.1 Å². The summed E-state index contributed by atoms with van der Waals surface area (Å²) in [5.41, 5.74) is -0.487. The predicted molar refractivity (Wildman–Crippen MR) is 117 cm³/mol. The third-order valence-electron chi connectivity index (χ3n) is 5.94. The molecule has 1 saturated carbocycles. The predicted octanol–water partition coefficient (Wildman–Crippen LogP) is 5.95. The van der Waals surface area contributed by atoms with Crippen LogP contribution in [0.3, 0.4) is 0 Å². The summed E-state index contributed by atoms with van der Waals surface area (Å²) < 4.78 is 47.6. The van der Waals surface area contributed by atoms with E-state index in [-0.39, 0.29) is 16.7 Å². The number of aliphatic hydroxyl groups excluding tert-OH is 1. The topological polar surface area (TPSA) is 70.0 Å². The van der Waals surface area contributed by atoms with Crippen LogP contribution in [0.2, 0.25) is 0 Å². The van der Waals surface area contributed by atoms with E-state index < -0.39 is 29.5 Å². The summed E-state index contributed by atoms with van der Waals surface area (Å²) in [4.78, 5) is 12.8. The summed E-state index contributed by atoms with van der Waals surface area (Å²) in [7, 11) is 1.55. The lowest BCUT2D eigenvalue weighted by molar-refractivity contribution is -0.137. The monoisotopic (exact) mass is 459 g/mol. The van der Waals surface area contributed by atoms with Crippen LogP contribution in [0.1, 0.15) is 36.4 Å². The minimum absolute atomic E-state index is 0.0232. The Hall–Kier alpha value is -3.42. The van der Waals surface area contributed by atoms with Gasteiger partial charge in [0, 0.05) is 13.2 Å². The highest BCUT2D eigenvalue weighted by atomic mass is 19.4. The molecule has 1 atom stereocenters.